The van der Waals surface area contributed by atoms with Crippen molar-refractivity contribution in [3.63, 3.8) is 0 Å². The van der Waals surface area contributed by atoms with E-state index in [1.54, 1.807) is 0 Å². The Morgan fingerprint density at radius 1 is 0.885 bits per heavy atom. The van der Waals surface area contributed by atoms with Crippen molar-refractivity contribution >= 4 is 16.6 Å². The number of hydrogen-bond donors (Lipinski definition) is 1. The van der Waals surface area contributed by atoms with E-state index in [-0.39, 0.29) is 22.3 Å². The van der Waals surface area contributed by atoms with Gasteiger partial charge in [0.15, 0.2) is 22.9 Å². The zero-order chi connectivity index (χ0) is 20.2. The van der Waals surface area contributed by atoms with Gasteiger partial charge in [0.05, 0.1) is 12.2 Å². The van der Waals surface area contributed by atoms with E-state index in [9.17, 15) is 5.11 Å². The molecule has 1 spiro atoms. The zero-order valence-corrected chi connectivity index (χ0v) is 20.7. The Labute approximate surface area is 163 Å². The maximum absolute atomic E-state index is 10.4. The number of ether oxygens (including phenoxy) is 1. The number of aliphatic hydroxyl groups is 1. The lowest BCUT2D eigenvalue weighted by Gasteiger charge is -2.46. The standard InChI is InChI=1S/C20H42O4Si2/c1-18(2,3)25(7,8)23-15-12-11-13-20(15)16(14-17(21)22-20)24-26(9,10)19(4,5)6/h15-17,21H,11-14H2,1-10H3/t15-,16+,17?,20-/m1/s1. The normalized spacial score (nSPS) is 34.0. The molecule has 0 aromatic rings. The van der Waals surface area contributed by atoms with Gasteiger partial charge in [-0.15, -0.1) is 0 Å². The van der Waals surface area contributed by atoms with Crippen molar-refractivity contribution in [2.24, 2.45) is 0 Å². The van der Waals surface area contributed by atoms with Gasteiger partial charge in [-0.25, -0.2) is 0 Å². The van der Waals surface area contributed by atoms with Gasteiger partial charge < -0.3 is 18.7 Å². The third-order valence-electron chi connectivity index (χ3n) is 7.38. The van der Waals surface area contributed by atoms with E-state index in [1.807, 2.05) is 0 Å². The van der Waals surface area contributed by atoms with Gasteiger partial charge in [-0.2, -0.15) is 0 Å². The summed E-state index contributed by atoms with van der Waals surface area (Å²) in [4.78, 5) is 0. The van der Waals surface area contributed by atoms with Crippen LogP contribution in [0.25, 0.3) is 0 Å². The molecule has 2 aliphatic rings. The van der Waals surface area contributed by atoms with E-state index in [0.717, 1.165) is 19.3 Å². The first kappa shape index (κ1) is 22.6. The average Bonchev–Trinajstić information content (AvgIpc) is 2.91. The van der Waals surface area contributed by atoms with Crippen molar-refractivity contribution in [2.75, 3.05) is 0 Å². The van der Waals surface area contributed by atoms with E-state index in [1.165, 1.54) is 0 Å². The van der Waals surface area contributed by atoms with E-state index in [4.69, 9.17) is 13.6 Å². The lowest BCUT2D eigenvalue weighted by molar-refractivity contribution is -0.177. The fraction of sp³-hybridized carbons (Fsp3) is 1.00. The summed E-state index contributed by atoms with van der Waals surface area (Å²) in [5, 5.41) is 10.7. The molecule has 0 bridgehead atoms. The van der Waals surface area contributed by atoms with E-state index in [0.29, 0.717) is 6.42 Å². The Balaban J connectivity index is 2.28. The third-order valence-corrected chi connectivity index (χ3v) is 16.4. The molecule has 0 radical (unpaired) electrons. The first-order valence-electron chi connectivity index (χ1n) is 10.2. The Hall–Kier alpha value is 0.274. The van der Waals surface area contributed by atoms with Crippen LogP contribution in [0.2, 0.25) is 36.3 Å². The number of hydrogen-bond acceptors (Lipinski definition) is 4. The fourth-order valence-corrected chi connectivity index (χ4v) is 6.35. The monoisotopic (exact) mass is 402 g/mol. The molecule has 1 aliphatic carbocycles. The van der Waals surface area contributed by atoms with Crippen LogP contribution >= 0.6 is 0 Å². The molecule has 26 heavy (non-hydrogen) atoms. The van der Waals surface area contributed by atoms with Crippen LogP contribution < -0.4 is 0 Å². The van der Waals surface area contributed by atoms with Crippen LogP contribution in [-0.4, -0.2) is 45.8 Å². The van der Waals surface area contributed by atoms with E-state index < -0.39 is 28.5 Å². The molecule has 6 heteroatoms. The Morgan fingerprint density at radius 2 is 1.35 bits per heavy atom. The lowest BCUT2D eigenvalue weighted by Crippen LogP contribution is -2.57. The molecule has 154 valence electrons. The fourth-order valence-electron chi connectivity index (χ4n) is 3.60. The van der Waals surface area contributed by atoms with Gasteiger partial charge in [0.25, 0.3) is 0 Å². The Kier molecular flexibility index (Phi) is 6.03. The molecule has 2 rings (SSSR count). The molecule has 1 saturated heterocycles. The second-order valence-corrected chi connectivity index (χ2v) is 20.9. The summed E-state index contributed by atoms with van der Waals surface area (Å²) in [5.74, 6) is 0. The highest BCUT2D eigenvalue weighted by Gasteiger charge is 2.60. The van der Waals surface area contributed by atoms with Crippen molar-refractivity contribution in [3.8, 4) is 0 Å². The van der Waals surface area contributed by atoms with E-state index in [2.05, 4.69) is 67.7 Å². The van der Waals surface area contributed by atoms with Crippen LogP contribution in [0, 0.1) is 0 Å². The minimum Gasteiger partial charge on any atom is -0.411 e. The lowest BCUT2D eigenvalue weighted by atomic mass is 9.93. The van der Waals surface area contributed by atoms with Gasteiger partial charge in [0.2, 0.25) is 0 Å². The highest BCUT2D eigenvalue weighted by molar-refractivity contribution is 6.74. The molecule has 1 saturated carbocycles. The molecule has 2 fully saturated rings. The first-order valence-corrected chi connectivity index (χ1v) is 16.0. The Bertz CT molecular complexity index is 507. The summed E-state index contributed by atoms with van der Waals surface area (Å²) in [6, 6.07) is 0. The summed E-state index contributed by atoms with van der Waals surface area (Å²) >= 11 is 0. The van der Waals surface area contributed by atoms with E-state index >= 15 is 0 Å². The molecule has 0 aromatic carbocycles. The van der Waals surface area contributed by atoms with Crippen molar-refractivity contribution in [3.05, 3.63) is 0 Å². The van der Waals surface area contributed by atoms with Crippen LogP contribution in [0.3, 0.4) is 0 Å². The average molecular weight is 403 g/mol. The SMILES string of the molecule is CC(C)(C)[Si](C)(C)O[C@H]1CC(O)O[C@@]12CCC[C@H]2O[Si](C)(C)C(C)(C)C. The summed E-state index contributed by atoms with van der Waals surface area (Å²) in [6.07, 6.45) is 2.76. The molecule has 4 atom stereocenters. The molecule has 1 unspecified atom stereocenters. The predicted molar refractivity (Wildman–Crippen MR) is 112 cm³/mol. The molecule has 0 aromatic heterocycles. The minimum absolute atomic E-state index is 0.0234. The van der Waals surface area contributed by atoms with Gasteiger partial charge >= 0.3 is 0 Å². The smallest absolute Gasteiger partial charge is 0.192 e. The zero-order valence-electron chi connectivity index (χ0n) is 18.7. The summed E-state index contributed by atoms with van der Waals surface area (Å²) in [5.41, 5.74) is -0.482. The largest absolute Gasteiger partial charge is 0.411 e. The second-order valence-electron chi connectivity index (χ2n) is 11.4. The van der Waals surface area contributed by atoms with Crippen molar-refractivity contribution < 1.29 is 18.7 Å². The maximum Gasteiger partial charge on any atom is 0.192 e. The van der Waals surface area contributed by atoms with Gasteiger partial charge in [-0.3, -0.25) is 0 Å². The highest BCUT2D eigenvalue weighted by atomic mass is 28.4. The van der Waals surface area contributed by atoms with Crippen LogP contribution in [0.5, 0.6) is 0 Å². The van der Waals surface area contributed by atoms with Crippen LogP contribution in [0.15, 0.2) is 0 Å². The van der Waals surface area contributed by atoms with Gasteiger partial charge in [0.1, 0.15) is 5.60 Å². The van der Waals surface area contributed by atoms with Gasteiger partial charge in [0, 0.05) is 6.42 Å². The molecule has 1 aliphatic heterocycles. The maximum atomic E-state index is 10.4. The molecular weight excluding hydrogens is 360 g/mol. The van der Waals surface area contributed by atoms with Crippen LogP contribution in [0.1, 0.15) is 67.2 Å². The summed E-state index contributed by atoms with van der Waals surface area (Å²) < 4.78 is 19.8. The number of rotatable bonds is 4. The molecule has 0 amide bonds. The quantitative estimate of drug-likeness (QED) is 0.637. The highest BCUT2D eigenvalue weighted by Crippen LogP contribution is 2.51. The van der Waals surface area contributed by atoms with Crippen molar-refractivity contribution in [1.29, 1.82) is 0 Å². The molecule has 4 nitrogen and oxygen atoms in total. The summed E-state index contributed by atoms with van der Waals surface area (Å²) in [6.45, 7) is 22.8. The first-order chi connectivity index (χ1) is 11.5. The summed E-state index contributed by atoms with van der Waals surface area (Å²) in [7, 11) is -3.87. The van der Waals surface area contributed by atoms with Crippen LogP contribution in [-0.2, 0) is 13.6 Å². The molecule has 1 N–H and O–H groups in total. The topological polar surface area (TPSA) is 47.9 Å². The van der Waals surface area contributed by atoms with Crippen molar-refractivity contribution in [2.45, 2.75) is 128 Å². The van der Waals surface area contributed by atoms with Gasteiger partial charge in [-0.1, -0.05) is 41.5 Å². The molecular formula is C20H42O4Si2. The van der Waals surface area contributed by atoms with Crippen LogP contribution in [0.4, 0.5) is 0 Å². The third kappa shape index (κ3) is 4.15. The second kappa shape index (κ2) is 6.95. The van der Waals surface area contributed by atoms with Crippen molar-refractivity contribution in [1.82, 2.24) is 0 Å². The number of aliphatic hydroxyl groups excluding tert-OH is 1. The Morgan fingerprint density at radius 3 is 1.81 bits per heavy atom. The molecule has 1 heterocycles. The predicted octanol–water partition coefficient (Wildman–Crippen LogP) is 5.43. The van der Waals surface area contributed by atoms with Gasteiger partial charge in [-0.05, 0) is 55.5 Å². The minimum atomic E-state index is -1.95.